The van der Waals surface area contributed by atoms with Gasteiger partial charge in [0.15, 0.2) is 5.13 Å². The Morgan fingerprint density at radius 2 is 2.10 bits per heavy atom. The fourth-order valence-corrected chi connectivity index (χ4v) is 4.30. The molecule has 0 amide bonds. The number of carboxylic acid groups (broad SMARTS) is 1. The molecule has 1 atom stereocenters. The number of carbonyl (C=O) groups is 1. The van der Waals surface area contributed by atoms with Crippen molar-refractivity contribution in [3.05, 3.63) is 11.1 Å². The maximum absolute atomic E-state index is 10.9. The van der Waals surface area contributed by atoms with Crippen LogP contribution in [0.3, 0.4) is 0 Å². The number of thiazole rings is 1. The summed E-state index contributed by atoms with van der Waals surface area (Å²) in [7, 11) is 0. The summed E-state index contributed by atoms with van der Waals surface area (Å²) < 4.78 is 0. The smallest absolute Gasteiger partial charge is 0.347 e. The molecule has 0 saturated carbocycles. The van der Waals surface area contributed by atoms with Crippen LogP contribution in [-0.2, 0) is 0 Å². The van der Waals surface area contributed by atoms with E-state index in [4.69, 9.17) is 5.11 Å². The van der Waals surface area contributed by atoms with E-state index in [1.807, 2.05) is 0 Å². The second-order valence-electron chi connectivity index (χ2n) is 6.27. The summed E-state index contributed by atoms with van der Waals surface area (Å²) >= 11 is 1.29. The summed E-state index contributed by atoms with van der Waals surface area (Å²) in [5.74, 6) is -0.0511. The molecule has 0 spiro atoms. The van der Waals surface area contributed by atoms with Gasteiger partial charge in [0.05, 0.1) is 6.20 Å². The van der Waals surface area contributed by atoms with E-state index in [9.17, 15) is 4.79 Å². The van der Waals surface area contributed by atoms with Crippen LogP contribution in [0.1, 0.15) is 42.3 Å². The van der Waals surface area contributed by atoms with Gasteiger partial charge in [-0.3, -0.25) is 4.90 Å². The van der Waals surface area contributed by atoms with Crippen LogP contribution in [0.5, 0.6) is 0 Å². The summed E-state index contributed by atoms with van der Waals surface area (Å²) in [4.78, 5) is 20.4. The molecule has 2 saturated heterocycles. The number of likely N-dealkylation sites (tertiary alicyclic amines) is 1. The molecule has 21 heavy (non-hydrogen) atoms. The summed E-state index contributed by atoms with van der Waals surface area (Å²) in [6.45, 7) is 6.81. The number of rotatable bonds is 3. The van der Waals surface area contributed by atoms with Crippen LogP contribution in [0.15, 0.2) is 6.20 Å². The number of nitrogens with zero attached hydrogens (tertiary/aromatic N) is 3. The highest BCUT2D eigenvalue weighted by molar-refractivity contribution is 7.17. The van der Waals surface area contributed by atoms with Crippen LogP contribution in [0.25, 0.3) is 0 Å². The Bertz CT molecular complexity index is 497. The normalized spacial score (nSPS) is 25.2. The van der Waals surface area contributed by atoms with E-state index in [-0.39, 0.29) is 0 Å². The van der Waals surface area contributed by atoms with Crippen molar-refractivity contribution in [3.63, 3.8) is 0 Å². The van der Waals surface area contributed by atoms with E-state index in [1.54, 1.807) is 0 Å². The molecule has 1 N–H and O–H groups in total. The largest absolute Gasteiger partial charge is 0.477 e. The fourth-order valence-electron chi connectivity index (χ4n) is 3.49. The third kappa shape index (κ3) is 3.37. The Kier molecular flexibility index (Phi) is 4.45. The number of hydrogen-bond donors (Lipinski definition) is 1. The molecule has 0 unspecified atom stereocenters. The Balaban J connectivity index is 1.55. The minimum absolute atomic E-state index is 0.331. The fraction of sp³-hybridized carbons (Fsp3) is 0.733. The molecule has 2 aliphatic heterocycles. The van der Waals surface area contributed by atoms with Gasteiger partial charge in [0.2, 0.25) is 0 Å². The molecule has 2 aliphatic rings. The number of carboxylic acids is 1. The second-order valence-corrected chi connectivity index (χ2v) is 7.28. The lowest BCUT2D eigenvalue weighted by Gasteiger charge is -2.41. The second kappa shape index (κ2) is 6.32. The van der Waals surface area contributed by atoms with Crippen LogP contribution in [0.4, 0.5) is 5.13 Å². The number of piperidine rings is 2. The Morgan fingerprint density at radius 1 is 1.33 bits per heavy atom. The lowest BCUT2D eigenvalue weighted by molar-refractivity contribution is 0.0702. The third-order valence-electron chi connectivity index (χ3n) is 4.64. The molecule has 3 rings (SSSR count). The van der Waals surface area contributed by atoms with Crippen LogP contribution in [-0.4, -0.2) is 53.2 Å². The first kappa shape index (κ1) is 14.8. The first-order valence-corrected chi connectivity index (χ1v) is 8.63. The van der Waals surface area contributed by atoms with E-state index < -0.39 is 5.97 Å². The van der Waals surface area contributed by atoms with Gasteiger partial charge in [-0.1, -0.05) is 18.3 Å². The summed E-state index contributed by atoms with van der Waals surface area (Å²) in [5, 5.41) is 9.84. The summed E-state index contributed by atoms with van der Waals surface area (Å²) in [6.07, 6.45) is 6.49. The third-order valence-corrected chi connectivity index (χ3v) is 5.69. The van der Waals surface area contributed by atoms with Gasteiger partial charge in [0, 0.05) is 25.7 Å². The molecule has 116 valence electrons. The first-order chi connectivity index (χ1) is 10.1. The van der Waals surface area contributed by atoms with E-state index >= 15 is 0 Å². The van der Waals surface area contributed by atoms with Gasteiger partial charge < -0.3 is 10.0 Å². The van der Waals surface area contributed by atoms with Crippen molar-refractivity contribution in [1.82, 2.24) is 9.88 Å². The average Bonchev–Trinajstić information content (AvgIpc) is 2.97. The molecule has 3 heterocycles. The van der Waals surface area contributed by atoms with Gasteiger partial charge >= 0.3 is 5.97 Å². The van der Waals surface area contributed by atoms with Gasteiger partial charge in [-0.2, -0.15) is 0 Å². The molecule has 0 aliphatic carbocycles. The molecular formula is C15H23N3O2S. The molecule has 2 fully saturated rings. The molecule has 0 bridgehead atoms. The highest BCUT2D eigenvalue weighted by atomic mass is 32.1. The Labute approximate surface area is 129 Å². The lowest BCUT2D eigenvalue weighted by Crippen LogP contribution is -2.48. The minimum Gasteiger partial charge on any atom is -0.477 e. The minimum atomic E-state index is -0.879. The van der Waals surface area contributed by atoms with E-state index in [0.717, 1.165) is 37.0 Å². The molecule has 1 aromatic heterocycles. The van der Waals surface area contributed by atoms with Gasteiger partial charge in [-0.15, -0.1) is 0 Å². The van der Waals surface area contributed by atoms with E-state index in [2.05, 4.69) is 21.7 Å². The van der Waals surface area contributed by atoms with Crippen LogP contribution >= 0.6 is 11.3 Å². The number of aromatic carboxylic acids is 1. The predicted octanol–water partition coefficient (Wildman–Crippen LogP) is 2.54. The Morgan fingerprint density at radius 3 is 2.71 bits per heavy atom. The van der Waals surface area contributed by atoms with Crippen molar-refractivity contribution in [3.8, 4) is 0 Å². The molecule has 1 aromatic rings. The quantitative estimate of drug-likeness (QED) is 0.930. The first-order valence-electron chi connectivity index (χ1n) is 7.81. The maximum Gasteiger partial charge on any atom is 0.347 e. The average molecular weight is 309 g/mol. The van der Waals surface area contributed by atoms with Crippen LogP contribution in [0, 0.1) is 5.92 Å². The summed E-state index contributed by atoms with van der Waals surface area (Å²) in [6, 6.07) is 0.697. The van der Waals surface area contributed by atoms with Gasteiger partial charge in [-0.05, 0) is 38.1 Å². The van der Waals surface area contributed by atoms with E-state index in [0.29, 0.717) is 10.9 Å². The molecular weight excluding hydrogens is 286 g/mol. The van der Waals surface area contributed by atoms with Crippen molar-refractivity contribution in [2.45, 2.75) is 38.6 Å². The molecule has 5 nitrogen and oxygen atoms in total. The monoisotopic (exact) mass is 309 g/mol. The molecule has 0 radical (unpaired) electrons. The maximum atomic E-state index is 10.9. The van der Waals surface area contributed by atoms with Crippen molar-refractivity contribution >= 4 is 22.4 Å². The molecule has 6 heteroatoms. The predicted molar refractivity (Wildman–Crippen MR) is 84.3 cm³/mol. The lowest BCUT2D eigenvalue weighted by atomic mass is 9.95. The summed E-state index contributed by atoms with van der Waals surface area (Å²) in [5.41, 5.74) is 0. The van der Waals surface area contributed by atoms with Gasteiger partial charge in [0.1, 0.15) is 4.88 Å². The van der Waals surface area contributed by atoms with Crippen molar-refractivity contribution in [1.29, 1.82) is 0 Å². The standard InChI is InChI=1S/C15H23N3O2S/c1-11-3-2-6-18(10-11)12-4-7-17(8-5-12)15-16-9-13(21-15)14(19)20/h9,11-12H,2-8,10H2,1H3,(H,19,20)/t11-/m1/s1. The van der Waals surface area contributed by atoms with Crippen molar-refractivity contribution in [2.75, 3.05) is 31.1 Å². The van der Waals surface area contributed by atoms with Crippen molar-refractivity contribution in [2.24, 2.45) is 5.92 Å². The zero-order valence-electron chi connectivity index (χ0n) is 12.5. The highest BCUT2D eigenvalue weighted by Crippen LogP contribution is 2.28. The van der Waals surface area contributed by atoms with Crippen molar-refractivity contribution < 1.29 is 9.90 Å². The zero-order valence-corrected chi connectivity index (χ0v) is 13.3. The van der Waals surface area contributed by atoms with Gasteiger partial charge in [0.25, 0.3) is 0 Å². The number of anilines is 1. The van der Waals surface area contributed by atoms with Crippen LogP contribution in [0.2, 0.25) is 0 Å². The molecule has 0 aromatic carbocycles. The highest BCUT2D eigenvalue weighted by Gasteiger charge is 2.28. The Hall–Kier alpha value is -1.14. The van der Waals surface area contributed by atoms with Crippen LogP contribution < -0.4 is 4.90 Å². The number of hydrogen-bond acceptors (Lipinski definition) is 5. The zero-order chi connectivity index (χ0) is 14.8. The van der Waals surface area contributed by atoms with E-state index in [1.165, 1.54) is 43.5 Å². The number of aromatic nitrogens is 1. The SMILES string of the molecule is C[C@@H]1CCCN(C2CCN(c3ncc(C(=O)O)s3)CC2)C1. The van der Waals surface area contributed by atoms with Gasteiger partial charge in [-0.25, -0.2) is 9.78 Å². The topological polar surface area (TPSA) is 56.7 Å².